The summed E-state index contributed by atoms with van der Waals surface area (Å²) < 4.78 is 19.9. The lowest BCUT2D eigenvalue weighted by Crippen LogP contribution is -2.33. The van der Waals surface area contributed by atoms with Crippen molar-refractivity contribution in [3.8, 4) is 11.5 Å². The highest BCUT2D eigenvalue weighted by Gasteiger charge is 2.22. The first-order valence-electron chi connectivity index (χ1n) is 9.18. The molecule has 0 saturated heterocycles. The molecule has 0 aliphatic carbocycles. The Hall–Kier alpha value is -3.42. The Labute approximate surface area is 166 Å². The van der Waals surface area contributed by atoms with Gasteiger partial charge in [-0.15, -0.1) is 0 Å². The van der Waals surface area contributed by atoms with Crippen molar-refractivity contribution in [3.05, 3.63) is 63.3 Å². The van der Waals surface area contributed by atoms with E-state index in [0.29, 0.717) is 30.7 Å². The number of aryl methyl sites for hydroxylation is 1. The maximum absolute atomic E-state index is 13.4. The Bertz CT molecular complexity index is 1140. The number of halogens is 1. The molecular weight excluding hydrogens is 377 g/mol. The predicted molar refractivity (Wildman–Crippen MR) is 107 cm³/mol. The number of benzene rings is 1. The Morgan fingerprint density at radius 3 is 2.79 bits per heavy atom. The zero-order valence-electron chi connectivity index (χ0n) is 16.5. The molecule has 0 aliphatic rings. The van der Waals surface area contributed by atoms with E-state index in [0.717, 1.165) is 11.1 Å². The lowest BCUT2D eigenvalue weighted by molar-refractivity contribution is 0.0949. The van der Waals surface area contributed by atoms with Gasteiger partial charge in [0.25, 0.3) is 11.5 Å². The quantitative estimate of drug-likeness (QED) is 0.664. The molecule has 0 saturated carbocycles. The number of aromatic hydroxyl groups is 1. The van der Waals surface area contributed by atoms with Crippen LogP contribution in [0.2, 0.25) is 0 Å². The molecule has 0 fully saturated rings. The molecule has 2 N–H and O–H groups in total. The molecule has 1 aromatic carbocycles. The van der Waals surface area contributed by atoms with Crippen molar-refractivity contribution in [2.75, 3.05) is 13.7 Å². The maximum Gasteiger partial charge on any atom is 0.267 e. The van der Waals surface area contributed by atoms with Gasteiger partial charge in [-0.2, -0.15) is 0 Å². The van der Waals surface area contributed by atoms with Crippen LogP contribution in [0.4, 0.5) is 4.39 Å². The summed E-state index contributed by atoms with van der Waals surface area (Å²) in [6.45, 7) is 2.28. The van der Waals surface area contributed by atoms with Gasteiger partial charge in [-0.25, -0.2) is 4.39 Å². The van der Waals surface area contributed by atoms with Crippen molar-refractivity contribution >= 4 is 16.9 Å². The van der Waals surface area contributed by atoms with Crippen LogP contribution in [0.25, 0.3) is 11.0 Å². The van der Waals surface area contributed by atoms with E-state index in [2.05, 4.69) is 10.3 Å². The van der Waals surface area contributed by atoms with Gasteiger partial charge < -0.3 is 19.7 Å². The monoisotopic (exact) mass is 399 g/mol. The Morgan fingerprint density at radius 2 is 2.10 bits per heavy atom. The molecular formula is C21H22FN3O4. The van der Waals surface area contributed by atoms with Gasteiger partial charge in [0.1, 0.15) is 22.6 Å². The molecule has 3 aromatic rings. The molecule has 1 amide bonds. The number of hydrogen-bond acceptors (Lipinski definition) is 5. The number of methoxy groups -OCH3 is 1. The number of amides is 1. The number of pyridine rings is 2. The normalized spacial score (nSPS) is 10.9. The van der Waals surface area contributed by atoms with Crippen molar-refractivity contribution in [1.29, 1.82) is 0 Å². The highest BCUT2D eigenvalue weighted by atomic mass is 19.1. The van der Waals surface area contributed by atoms with Gasteiger partial charge in [-0.05, 0) is 29.7 Å². The predicted octanol–water partition coefficient (Wildman–Crippen LogP) is 2.52. The number of carbonyl (C=O) groups excluding carboxylic acids is 1. The number of fused-ring (bicyclic) bond motifs is 1. The van der Waals surface area contributed by atoms with Crippen LogP contribution in [0.15, 0.2) is 35.3 Å². The molecule has 0 unspecified atom stereocenters. The number of carbonyl (C=O) groups is 1. The van der Waals surface area contributed by atoms with Crippen LogP contribution in [0.1, 0.15) is 34.8 Å². The van der Waals surface area contributed by atoms with E-state index in [1.807, 2.05) is 6.92 Å². The fourth-order valence-corrected chi connectivity index (χ4v) is 3.14. The Kier molecular flexibility index (Phi) is 5.81. The summed E-state index contributed by atoms with van der Waals surface area (Å²) in [5, 5.41) is 13.1. The first-order chi connectivity index (χ1) is 13.9. The first kappa shape index (κ1) is 20.3. The molecule has 0 atom stereocenters. The molecule has 0 radical (unpaired) electrons. The summed E-state index contributed by atoms with van der Waals surface area (Å²) in [6.07, 6.45) is 2.64. The molecule has 8 heteroatoms. The molecule has 0 aliphatic heterocycles. The van der Waals surface area contributed by atoms with E-state index >= 15 is 0 Å². The van der Waals surface area contributed by atoms with E-state index in [9.17, 15) is 19.1 Å². The van der Waals surface area contributed by atoms with Crippen LogP contribution < -0.4 is 15.6 Å². The van der Waals surface area contributed by atoms with E-state index in [1.54, 1.807) is 18.3 Å². The number of aromatic nitrogens is 2. The third-order valence-corrected chi connectivity index (χ3v) is 4.67. The van der Waals surface area contributed by atoms with Crippen molar-refractivity contribution in [3.63, 3.8) is 0 Å². The number of nitrogens with one attached hydrogen (secondary N) is 1. The van der Waals surface area contributed by atoms with Gasteiger partial charge in [0.2, 0.25) is 0 Å². The second-order valence-corrected chi connectivity index (χ2v) is 6.69. The van der Waals surface area contributed by atoms with Crippen LogP contribution in [-0.2, 0) is 13.5 Å². The maximum atomic E-state index is 13.4. The molecule has 29 heavy (non-hydrogen) atoms. The summed E-state index contributed by atoms with van der Waals surface area (Å²) in [6, 6.07) is 5.97. The number of nitrogens with zero attached hydrogens (tertiary/aromatic N) is 2. The van der Waals surface area contributed by atoms with Crippen LogP contribution in [0.5, 0.6) is 11.5 Å². The topological polar surface area (TPSA) is 93.4 Å². The van der Waals surface area contributed by atoms with Crippen molar-refractivity contribution < 1.29 is 19.0 Å². The largest absolute Gasteiger partial charge is 0.505 e. The highest BCUT2D eigenvalue weighted by Crippen LogP contribution is 2.27. The van der Waals surface area contributed by atoms with Gasteiger partial charge >= 0.3 is 0 Å². The highest BCUT2D eigenvalue weighted by molar-refractivity contribution is 6.01. The molecule has 2 aromatic heterocycles. The first-order valence-corrected chi connectivity index (χ1v) is 9.18. The average molecular weight is 399 g/mol. The second-order valence-electron chi connectivity index (χ2n) is 6.69. The van der Waals surface area contributed by atoms with Gasteiger partial charge in [0.05, 0.1) is 12.6 Å². The van der Waals surface area contributed by atoms with Crippen LogP contribution in [0.3, 0.4) is 0 Å². The van der Waals surface area contributed by atoms with Crippen LogP contribution >= 0.6 is 0 Å². The van der Waals surface area contributed by atoms with Crippen molar-refractivity contribution in [1.82, 2.24) is 14.9 Å². The lowest BCUT2D eigenvalue weighted by atomic mass is 10.0. The van der Waals surface area contributed by atoms with E-state index in [4.69, 9.17) is 4.74 Å². The van der Waals surface area contributed by atoms with Crippen molar-refractivity contribution in [2.24, 2.45) is 7.05 Å². The van der Waals surface area contributed by atoms with Gasteiger partial charge in [0, 0.05) is 32.3 Å². The number of ether oxygens (including phenoxy) is 1. The van der Waals surface area contributed by atoms with Gasteiger partial charge in [0.15, 0.2) is 5.75 Å². The molecule has 2 heterocycles. The summed E-state index contributed by atoms with van der Waals surface area (Å²) in [5.74, 6) is -1.07. The minimum atomic E-state index is -0.631. The fourth-order valence-electron chi connectivity index (χ4n) is 3.14. The average Bonchev–Trinajstić information content (AvgIpc) is 2.71. The minimum Gasteiger partial charge on any atom is -0.505 e. The van der Waals surface area contributed by atoms with Gasteiger partial charge in [-0.1, -0.05) is 13.0 Å². The third-order valence-electron chi connectivity index (χ3n) is 4.67. The van der Waals surface area contributed by atoms with Crippen LogP contribution in [0, 0.1) is 5.82 Å². The lowest BCUT2D eigenvalue weighted by Gasteiger charge is -2.13. The van der Waals surface area contributed by atoms with Crippen molar-refractivity contribution in [2.45, 2.75) is 19.8 Å². The zero-order chi connectivity index (χ0) is 21.1. The molecule has 152 valence electrons. The standard InChI is InChI=1S/C21H22FN3O4/c1-4-7-23-20(27)17-19(26)18-15(25(2)21(17)28)9-12(11-24-18)8-13-5-6-14(22)10-16(13)29-3/h5-6,9-11,26H,4,7-8H2,1-3H3,(H,23,27). The fraction of sp³-hybridized carbons (Fsp3) is 0.286. The smallest absolute Gasteiger partial charge is 0.267 e. The Balaban J connectivity index is 2.06. The summed E-state index contributed by atoms with van der Waals surface area (Å²) in [5.41, 5.74) is 1.09. The second kappa shape index (κ2) is 8.30. The summed E-state index contributed by atoms with van der Waals surface area (Å²) >= 11 is 0. The number of rotatable bonds is 6. The third kappa shape index (κ3) is 3.91. The van der Waals surface area contributed by atoms with E-state index in [-0.39, 0.29) is 11.1 Å². The Morgan fingerprint density at radius 1 is 1.34 bits per heavy atom. The molecule has 3 rings (SSSR count). The molecule has 0 spiro atoms. The zero-order valence-corrected chi connectivity index (χ0v) is 16.5. The molecule has 0 bridgehead atoms. The molecule has 7 nitrogen and oxygen atoms in total. The number of hydrogen-bond donors (Lipinski definition) is 2. The van der Waals surface area contributed by atoms with E-state index in [1.165, 1.54) is 30.9 Å². The summed E-state index contributed by atoms with van der Waals surface area (Å²) in [7, 11) is 2.98. The van der Waals surface area contributed by atoms with E-state index < -0.39 is 23.0 Å². The van der Waals surface area contributed by atoms with Crippen LogP contribution in [-0.4, -0.2) is 34.2 Å². The minimum absolute atomic E-state index is 0.156. The SMILES string of the molecule is CCCNC(=O)c1c(O)c2ncc(Cc3ccc(F)cc3OC)cc2n(C)c1=O. The van der Waals surface area contributed by atoms with Gasteiger partial charge in [-0.3, -0.25) is 14.6 Å². The summed E-state index contributed by atoms with van der Waals surface area (Å²) in [4.78, 5) is 29.2.